The summed E-state index contributed by atoms with van der Waals surface area (Å²) in [7, 11) is -3.76. The Labute approximate surface area is 199 Å². The van der Waals surface area contributed by atoms with Crippen molar-refractivity contribution >= 4 is 16.6 Å². The summed E-state index contributed by atoms with van der Waals surface area (Å²) in [5.74, 6) is 0.758. The molecule has 0 spiro atoms. The zero-order valence-corrected chi connectivity index (χ0v) is 24.6. The standard InChI is InChI=1S/C25H50O5Si2/c1-11-26-23(30-31(6,7)8)22-20(15-13-17-25(5)27-18-19-28-25)14-12-16-21(22)29-32(9,10)24(2,3)4/h20-21H,11-19H2,1-10H3/b23-22-/t20-,21+/m1/s1. The molecular formula is C25H50O5Si2. The highest BCUT2D eigenvalue weighted by Gasteiger charge is 2.43. The molecule has 0 amide bonds. The molecule has 188 valence electrons. The lowest BCUT2D eigenvalue weighted by Crippen LogP contribution is -2.46. The van der Waals surface area contributed by atoms with Crippen molar-refractivity contribution in [3.63, 3.8) is 0 Å². The first kappa shape index (κ1) is 27.9. The molecule has 2 atom stereocenters. The minimum Gasteiger partial charge on any atom is -0.520 e. The SMILES string of the molecule is CCO/C(O[Si](C)(C)C)=C1\[C@@H](CCCC2(C)OCCO2)CCC[C@@H]1O[Si](C)(C)C(C)(C)C. The van der Waals surface area contributed by atoms with Gasteiger partial charge in [0.15, 0.2) is 14.1 Å². The van der Waals surface area contributed by atoms with Gasteiger partial charge in [-0.2, -0.15) is 0 Å². The summed E-state index contributed by atoms with van der Waals surface area (Å²) in [6.45, 7) is 24.4. The number of hydrogen-bond donors (Lipinski definition) is 0. The third-order valence-corrected chi connectivity index (χ3v) is 12.3. The lowest BCUT2D eigenvalue weighted by Gasteiger charge is -2.43. The Bertz CT molecular complexity index is 627. The van der Waals surface area contributed by atoms with Gasteiger partial charge in [0.05, 0.1) is 25.9 Å². The van der Waals surface area contributed by atoms with E-state index >= 15 is 0 Å². The van der Waals surface area contributed by atoms with Crippen molar-refractivity contribution in [2.24, 2.45) is 5.92 Å². The van der Waals surface area contributed by atoms with Crippen molar-refractivity contribution in [1.29, 1.82) is 0 Å². The fourth-order valence-electron chi connectivity index (χ4n) is 4.33. The topological polar surface area (TPSA) is 46.2 Å². The first-order valence-electron chi connectivity index (χ1n) is 12.7. The van der Waals surface area contributed by atoms with E-state index in [0.717, 1.165) is 38.0 Å². The van der Waals surface area contributed by atoms with Crippen molar-refractivity contribution in [1.82, 2.24) is 0 Å². The van der Waals surface area contributed by atoms with E-state index in [9.17, 15) is 0 Å². The number of hydrogen-bond acceptors (Lipinski definition) is 5. The van der Waals surface area contributed by atoms with Crippen molar-refractivity contribution in [3.05, 3.63) is 11.5 Å². The number of rotatable bonds is 10. The average Bonchev–Trinajstić information content (AvgIpc) is 3.06. The van der Waals surface area contributed by atoms with Gasteiger partial charge >= 0.3 is 0 Å². The summed E-state index contributed by atoms with van der Waals surface area (Å²) in [5.41, 5.74) is 1.28. The minimum absolute atomic E-state index is 0.0853. The van der Waals surface area contributed by atoms with E-state index in [1.165, 1.54) is 12.0 Å². The fraction of sp³-hybridized carbons (Fsp3) is 0.920. The molecule has 1 aliphatic heterocycles. The second-order valence-corrected chi connectivity index (χ2v) is 21.3. The highest BCUT2D eigenvalue weighted by atomic mass is 28.4. The summed E-state index contributed by atoms with van der Waals surface area (Å²) in [5, 5.41) is 0.169. The Hall–Kier alpha value is -0.346. The maximum absolute atomic E-state index is 7.01. The molecule has 0 aromatic rings. The van der Waals surface area contributed by atoms with E-state index in [4.69, 9.17) is 23.1 Å². The Morgan fingerprint density at radius 2 is 1.69 bits per heavy atom. The first-order valence-corrected chi connectivity index (χ1v) is 19.0. The molecular weight excluding hydrogens is 436 g/mol. The third-order valence-electron chi connectivity index (χ3n) is 7.04. The molecule has 1 saturated carbocycles. The fourth-order valence-corrected chi connectivity index (χ4v) is 6.37. The largest absolute Gasteiger partial charge is 0.520 e. The van der Waals surface area contributed by atoms with Gasteiger partial charge in [0.2, 0.25) is 8.32 Å². The Balaban J connectivity index is 2.31. The van der Waals surface area contributed by atoms with Crippen LogP contribution < -0.4 is 0 Å². The van der Waals surface area contributed by atoms with Gasteiger partial charge in [-0.3, -0.25) is 0 Å². The van der Waals surface area contributed by atoms with Crippen LogP contribution in [0.4, 0.5) is 0 Å². The smallest absolute Gasteiger partial charge is 0.267 e. The van der Waals surface area contributed by atoms with Crippen LogP contribution in [0, 0.1) is 5.92 Å². The number of ether oxygens (including phenoxy) is 3. The van der Waals surface area contributed by atoms with Crippen LogP contribution in [0.15, 0.2) is 11.5 Å². The highest BCUT2D eigenvalue weighted by molar-refractivity contribution is 6.74. The maximum Gasteiger partial charge on any atom is 0.267 e. The first-order chi connectivity index (χ1) is 14.7. The van der Waals surface area contributed by atoms with Gasteiger partial charge in [0, 0.05) is 12.0 Å². The molecule has 2 fully saturated rings. The van der Waals surface area contributed by atoms with Gasteiger partial charge < -0.3 is 23.1 Å². The molecule has 1 saturated heterocycles. The van der Waals surface area contributed by atoms with Crippen LogP contribution >= 0.6 is 0 Å². The molecule has 0 N–H and O–H groups in total. The van der Waals surface area contributed by atoms with Crippen molar-refractivity contribution in [2.75, 3.05) is 19.8 Å². The average molecular weight is 487 g/mol. The zero-order valence-electron chi connectivity index (χ0n) is 22.6. The lowest BCUT2D eigenvalue weighted by atomic mass is 9.79. The Morgan fingerprint density at radius 1 is 1.06 bits per heavy atom. The second kappa shape index (κ2) is 10.9. The van der Waals surface area contributed by atoms with E-state index in [-0.39, 0.29) is 11.1 Å². The van der Waals surface area contributed by atoms with Crippen LogP contribution in [-0.4, -0.2) is 48.3 Å². The molecule has 0 radical (unpaired) electrons. The van der Waals surface area contributed by atoms with E-state index in [1.807, 2.05) is 6.92 Å². The van der Waals surface area contributed by atoms with Crippen LogP contribution in [-0.2, 0) is 23.1 Å². The lowest BCUT2D eigenvalue weighted by molar-refractivity contribution is -0.147. The molecule has 7 heteroatoms. The predicted octanol–water partition coefficient (Wildman–Crippen LogP) is 7.21. The van der Waals surface area contributed by atoms with Crippen LogP contribution in [0.5, 0.6) is 0 Å². The summed E-state index contributed by atoms with van der Waals surface area (Å²) in [6, 6.07) is 0. The normalized spacial score (nSPS) is 26.2. The van der Waals surface area contributed by atoms with Gasteiger partial charge in [-0.05, 0) is 89.6 Å². The maximum atomic E-state index is 7.01. The van der Waals surface area contributed by atoms with Crippen molar-refractivity contribution in [2.45, 2.75) is 123 Å². The van der Waals surface area contributed by atoms with Crippen LogP contribution in [0.1, 0.15) is 73.1 Å². The van der Waals surface area contributed by atoms with Gasteiger partial charge in [-0.25, -0.2) is 0 Å². The monoisotopic (exact) mass is 486 g/mol. The molecule has 0 aromatic carbocycles. The summed E-state index contributed by atoms with van der Waals surface area (Å²) in [6.07, 6.45) is 6.55. The molecule has 1 aliphatic carbocycles. The summed E-state index contributed by atoms with van der Waals surface area (Å²) < 4.78 is 31.4. The van der Waals surface area contributed by atoms with Crippen LogP contribution in [0.2, 0.25) is 37.8 Å². The van der Waals surface area contributed by atoms with Gasteiger partial charge in [-0.15, -0.1) is 0 Å². The van der Waals surface area contributed by atoms with E-state index in [2.05, 4.69) is 60.4 Å². The molecule has 2 rings (SSSR count). The van der Waals surface area contributed by atoms with Gasteiger partial charge in [0.1, 0.15) is 0 Å². The molecule has 0 aromatic heterocycles. The van der Waals surface area contributed by atoms with E-state index < -0.39 is 22.4 Å². The molecule has 32 heavy (non-hydrogen) atoms. The second-order valence-electron chi connectivity index (χ2n) is 12.1. The molecule has 5 nitrogen and oxygen atoms in total. The Morgan fingerprint density at radius 3 is 2.22 bits per heavy atom. The van der Waals surface area contributed by atoms with Gasteiger partial charge in [0.25, 0.3) is 5.95 Å². The third kappa shape index (κ3) is 7.86. The Kier molecular flexibility index (Phi) is 9.53. The van der Waals surface area contributed by atoms with Gasteiger partial charge in [-0.1, -0.05) is 20.8 Å². The zero-order chi connectivity index (χ0) is 24.2. The highest BCUT2D eigenvalue weighted by Crippen LogP contribution is 2.44. The predicted molar refractivity (Wildman–Crippen MR) is 137 cm³/mol. The van der Waals surface area contributed by atoms with Crippen molar-refractivity contribution in [3.8, 4) is 0 Å². The van der Waals surface area contributed by atoms with Crippen LogP contribution in [0.25, 0.3) is 0 Å². The van der Waals surface area contributed by atoms with E-state index in [1.54, 1.807) is 0 Å². The quantitative estimate of drug-likeness (QED) is 0.241. The molecule has 2 aliphatic rings. The van der Waals surface area contributed by atoms with E-state index in [0.29, 0.717) is 25.7 Å². The minimum atomic E-state index is -1.93. The molecule has 1 heterocycles. The molecule has 0 unspecified atom stereocenters. The molecule has 0 bridgehead atoms. The summed E-state index contributed by atoms with van der Waals surface area (Å²) in [4.78, 5) is 0. The summed E-state index contributed by atoms with van der Waals surface area (Å²) >= 11 is 0. The van der Waals surface area contributed by atoms with Crippen molar-refractivity contribution < 1.29 is 23.1 Å². The van der Waals surface area contributed by atoms with Crippen LogP contribution in [0.3, 0.4) is 0 Å².